The molecule has 0 bridgehead atoms. The summed E-state index contributed by atoms with van der Waals surface area (Å²) in [5.41, 5.74) is -0.625. The summed E-state index contributed by atoms with van der Waals surface area (Å²) in [6, 6.07) is 8.94. The Balaban J connectivity index is 2.87. The minimum absolute atomic E-state index is 0.431. The second kappa shape index (κ2) is 7.41. The van der Waals surface area contributed by atoms with Gasteiger partial charge in [-0.2, -0.15) is 0 Å². The van der Waals surface area contributed by atoms with Gasteiger partial charge in [0.15, 0.2) is 0 Å². The Morgan fingerprint density at radius 3 is 2.25 bits per heavy atom. The van der Waals surface area contributed by atoms with Crippen molar-refractivity contribution in [3.63, 3.8) is 0 Å². The zero-order valence-electron chi connectivity index (χ0n) is 12.5. The molecule has 1 aromatic rings. The molecule has 0 amide bonds. The molecular weight excluding hydrogens is 254 g/mol. The minimum atomic E-state index is -1.27. The minimum Gasteiger partial charge on any atom is -0.481 e. The van der Waals surface area contributed by atoms with Crippen molar-refractivity contribution in [2.24, 2.45) is 0 Å². The van der Waals surface area contributed by atoms with Crippen LogP contribution in [0.15, 0.2) is 30.3 Å². The zero-order chi connectivity index (χ0) is 15.2. The molecule has 0 heterocycles. The first-order valence-corrected chi connectivity index (χ1v) is 7.14. The van der Waals surface area contributed by atoms with Crippen molar-refractivity contribution in [3.8, 4) is 0 Å². The molecular formula is C16H25NO3. The third-order valence-electron chi connectivity index (χ3n) is 3.83. The number of nitrogens with zero attached hydrogens (tertiary/aromatic N) is 1. The molecule has 2 N–H and O–H groups in total. The van der Waals surface area contributed by atoms with Crippen molar-refractivity contribution in [1.29, 1.82) is 0 Å². The highest BCUT2D eigenvalue weighted by Crippen LogP contribution is 2.31. The lowest BCUT2D eigenvalue weighted by molar-refractivity contribution is -0.145. The van der Waals surface area contributed by atoms with Crippen LogP contribution in [-0.4, -0.2) is 46.3 Å². The number of carboxylic acid groups (broad SMARTS) is 1. The number of carbonyl (C=O) groups is 1. The maximum Gasteiger partial charge on any atom is 0.313 e. The Morgan fingerprint density at radius 2 is 1.80 bits per heavy atom. The van der Waals surface area contributed by atoms with Gasteiger partial charge in [-0.05, 0) is 32.0 Å². The molecule has 4 heteroatoms. The molecule has 0 fully saturated rings. The van der Waals surface area contributed by atoms with Gasteiger partial charge < -0.3 is 15.1 Å². The molecule has 0 radical (unpaired) electrons. The van der Waals surface area contributed by atoms with Crippen LogP contribution < -0.4 is 0 Å². The van der Waals surface area contributed by atoms with E-state index >= 15 is 0 Å². The van der Waals surface area contributed by atoms with Crippen LogP contribution in [-0.2, 0) is 4.79 Å². The van der Waals surface area contributed by atoms with Gasteiger partial charge in [-0.1, -0.05) is 44.2 Å². The van der Waals surface area contributed by atoms with Crippen molar-refractivity contribution in [2.75, 3.05) is 19.6 Å². The molecule has 0 aromatic heterocycles. The van der Waals surface area contributed by atoms with Crippen LogP contribution in [0.1, 0.15) is 38.7 Å². The van der Waals surface area contributed by atoms with Gasteiger partial charge >= 0.3 is 5.97 Å². The number of benzene rings is 1. The van der Waals surface area contributed by atoms with Crippen LogP contribution in [0.4, 0.5) is 0 Å². The highest BCUT2D eigenvalue weighted by atomic mass is 16.4. The quantitative estimate of drug-likeness (QED) is 0.767. The van der Waals surface area contributed by atoms with E-state index in [-0.39, 0.29) is 0 Å². The van der Waals surface area contributed by atoms with E-state index in [2.05, 4.69) is 18.7 Å². The summed E-state index contributed by atoms with van der Waals surface area (Å²) in [6.45, 7) is 8.22. The molecule has 20 heavy (non-hydrogen) atoms. The maximum absolute atomic E-state index is 11.6. The fraction of sp³-hybridized carbons (Fsp3) is 0.562. The van der Waals surface area contributed by atoms with Gasteiger partial charge in [-0.3, -0.25) is 4.79 Å². The van der Waals surface area contributed by atoms with Crippen LogP contribution in [0.3, 0.4) is 0 Å². The molecule has 0 saturated carbocycles. The van der Waals surface area contributed by atoms with Gasteiger partial charge in [0.25, 0.3) is 0 Å². The highest BCUT2D eigenvalue weighted by Gasteiger charge is 2.38. The fourth-order valence-corrected chi connectivity index (χ4v) is 2.48. The molecule has 4 nitrogen and oxygen atoms in total. The van der Waals surface area contributed by atoms with Gasteiger partial charge in [0.1, 0.15) is 5.92 Å². The Kier molecular flexibility index (Phi) is 6.17. The summed E-state index contributed by atoms with van der Waals surface area (Å²) in [4.78, 5) is 13.7. The highest BCUT2D eigenvalue weighted by molar-refractivity contribution is 5.77. The van der Waals surface area contributed by atoms with E-state index in [1.54, 1.807) is 31.2 Å². The Morgan fingerprint density at radius 1 is 1.25 bits per heavy atom. The molecule has 0 saturated heterocycles. The van der Waals surface area contributed by atoms with Crippen molar-refractivity contribution >= 4 is 5.97 Å². The smallest absolute Gasteiger partial charge is 0.313 e. The van der Waals surface area contributed by atoms with Crippen molar-refractivity contribution in [3.05, 3.63) is 35.9 Å². The summed E-state index contributed by atoms with van der Waals surface area (Å²) in [6.07, 6.45) is 0.431. The second-order valence-corrected chi connectivity index (χ2v) is 5.32. The van der Waals surface area contributed by atoms with Crippen molar-refractivity contribution in [2.45, 2.75) is 38.7 Å². The van der Waals surface area contributed by atoms with Gasteiger partial charge in [0.2, 0.25) is 0 Å². The van der Waals surface area contributed by atoms with E-state index in [0.717, 1.165) is 13.1 Å². The van der Waals surface area contributed by atoms with Crippen LogP contribution in [0.2, 0.25) is 0 Å². The monoisotopic (exact) mass is 279 g/mol. The van der Waals surface area contributed by atoms with E-state index in [1.165, 1.54) is 0 Å². The van der Waals surface area contributed by atoms with Gasteiger partial charge in [0.05, 0.1) is 5.60 Å². The first-order valence-electron chi connectivity index (χ1n) is 7.14. The molecule has 1 rings (SSSR count). The van der Waals surface area contributed by atoms with E-state index in [9.17, 15) is 15.0 Å². The summed E-state index contributed by atoms with van der Waals surface area (Å²) in [5, 5.41) is 20.1. The average molecular weight is 279 g/mol. The number of hydrogen-bond donors (Lipinski definition) is 2. The Hall–Kier alpha value is -1.39. The zero-order valence-corrected chi connectivity index (χ0v) is 12.5. The molecule has 2 atom stereocenters. The van der Waals surface area contributed by atoms with E-state index in [1.807, 2.05) is 6.07 Å². The Bertz CT molecular complexity index is 413. The molecule has 2 unspecified atom stereocenters. The first kappa shape index (κ1) is 16.7. The van der Waals surface area contributed by atoms with Gasteiger partial charge in [-0.25, -0.2) is 0 Å². The van der Waals surface area contributed by atoms with Crippen molar-refractivity contribution in [1.82, 2.24) is 4.90 Å². The number of aliphatic hydroxyl groups is 1. The lowest BCUT2D eigenvalue weighted by Crippen LogP contribution is -2.41. The number of aliphatic carboxylic acids is 1. The first-order chi connectivity index (χ1) is 9.42. The van der Waals surface area contributed by atoms with Gasteiger partial charge in [-0.15, -0.1) is 0 Å². The van der Waals surface area contributed by atoms with E-state index in [4.69, 9.17) is 0 Å². The normalized spacial score (nSPS) is 15.8. The number of hydrogen-bond acceptors (Lipinski definition) is 3. The molecule has 0 spiro atoms. The SMILES string of the molecule is CCN(CC)CCC(C)(O)C(C(=O)O)c1ccccc1. The topological polar surface area (TPSA) is 60.8 Å². The predicted molar refractivity (Wildman–Crippen MR) is 79.8 cm³/mol. The maximum atomic E-state index is 11.6. The van der Waals surface area contributed by atoms with Crippen LogP contribution in [0, 0.1) is 0 Å². The standard InChI is InChI=1S/C16H25NO3/c1-4-17(5-2)12-11-16(3,20)14(15(18)19)13-9-7-6-8-10-13/h6-10,14,20H,4-5,11-12H2,1-3H3,(H,18,19). The summed E-state index contributed by atoms with van der Waals surface area (Å²) in [7, 11) is 0. The summed E-state index contributed by atoms with van der Waals surface area (Å²) >= 11 is 0. The second-order valence-electron chi connectivity index (χ2n) is 5.32. The number of rotatable bonds is 8. The fourth-order valence-electron chi connectivity index (χ4n) is 2.48. The molecule has 112 valence electrons. The molecule has 1 aromatic carbocycles. The third kappa shape index (κ3) is 4.32. The van der Waals surface area contributed by atoms with Gasteiger partial charge in [0, 0.05) is 6.54 Å². The molecule has 0 aliphatic rings. The average Bonchev–Trinajstić information content (AvgIpc) is 2.40. The third-order valence-corrected chi connectivity index (χ3v) is 3.83. The van der Waals surface area contributed by atoms with E-state index < -0.39 is 17.5 Å². The summed E-state index contributed by atoms with van der Waals surface area (Å²) < 4.78 is 0. The lowest BCUT2D eigenvalue weighted by atomic mass is 9.81. The molecule has 0 aliphatic heterocycles. The largest absolute Gasteiger partial charge is 0.481 e. The van der Waals surface area contributed by atoms with Crippen LogP contribution in [0.5, 0.6) is 0 Å². The Labute approximate surface area is 121 Å². The van der Waals surface area contributed by atoms with Crippen LogP contribution in [0.25, 0.3) is 0 Å². The van der Waals surface area contributed by atoms with Crippen LogP contribution >= 0.6 is 0 Å². The molecule has 0 aliphatic carbocycles. The number of carboxylic acids is 1. The van der Waals surface area contributed by atoms with Crippen molar-refractivity contribution < 1.29 is 15.0 Å². The summed E-state index contributed by atoms with van der Waals surface area (Å²) in [5.74, 6) is -1.89. The predicted octanol–water partition coefficient (Wildman–Crippen LogP) is 2.34. The van der Waals surface area contributed by atoms with E-state index in [0.29, 0.717) is 18.5 Å². The lowest BCUT2D eigenvalue weighted by Gasteiger charge is -2.32.